The van der Waals surface area contributed by atoms with Crippen LogP contribution in [-0.4, -0.2) is 34.8 Å². The molecule has 1 saturated heterocycles. The van der Waals surface area contributed by atoms with Crippen molar-refractivity contribution in [3.05, 3.63) is 65.4 Å². The zero-order valence-electron chi connectivity index (χ0n) is 15.4. The van der Waals surface area contributed by atoms with Gasteiger partial charge in [-0.1, -0.05) is 24.3 Å². The van der Waals surface area contributed by atoms with E-state index in [0.29, 0.717) is 16.9 Å². The monoisotopic (exact) mass is 361 g/mol. The molecule has 138 valence electrons. The number of H-pyrrole nitrogens is 1. The van der Waals surface area contributed by atoms with E-state index in [9.17, 15) is 9.59 Å². The second-order valence-corrected chi connectivity index (χ2v) is 7.13. The molecule has 1 aromatic heterocycles. The summed E-state index contributed by atoms with van der Waals surface area (Å²) in [5.74, 6) is -0.263. The number of nitrogens with zero attached hydrogens (tertiary/aromatic N) is 1. The first-order valence-electron chi connectivity index (χ1n) is 9.41. The number of hydrogen-bond acceptors (Lipinski definition) is 2. The van der Waals surface area contributed by atoms with E-state index >= 15 is 0 Å². The number of carbonyl (C=O) groups excluding carboxylic acids is 2. The average molecular weight is 361 g/mol. The fourth-order valence-electron chi connectivity index (χ4n) is 3.60. The average Bonchev–Trinajstić information content (AvgIpc) is 3.12. The molecule has 3 aromatic rings. The molecule has 0 atom stereocenters. The Kier molecular flexibility index (Phi) is 4.67. The van der Waals surface area contributed by atoms with Crippen LogP contribution in [0.15, 0.2) is 48.5 Å². The number of anilines is 1. The molecule has 4 rings (SSSR count). The number of hydrogen-bond donors (Lipinski definition) is 2. The number of para-hydroxylation sites is 1. The maximum Gasteiger partial charge on any atom is 0.272 e. The van der Waals surface area contributed by atoms with Crippen LogP contribution in [-0.2, 0) is 0 Å². The quantitative estimate of drug-likeness (QED) is 0.728. The lowest BCUT2D eigenvalue weighted by Gasteiger charge is -2.27. The van der Waals surface area contributed by atoms with Gasteiger partial charge in [-0.05, 0) is 56.0 Å². The third-order valence-electron chi connectivity index (χ3n) is 5.07. The normalized spacial score (nSPS) is 14.3. The maximum absolute atomic E-state index is 12.9. The molecule has 2 heterocycles. The number of aromatic nitrogens is 1. The minimum Gasteiger partial charge on any atom is -0.351 e. The van der Waals surface area contributed by atoms with Crippen molar-refractivity contribution in [2.45, 2.75) is 26.2 Å². The Morgan fingerprint density at radius 2 is 1.78 bits per heavy atom. The number of benzene rings is 2. The summed E-state index contributed by atoms with van der Waals surface area (Å²) in [7, 11) is 0. The molecule has 0 aliphatic carbocycles. The highest BCUT2D eigenvalue weighted by Crippen LogP contribution is 2.22. The van der Waals surface area contributed by atoms with Crippen LogP contribution >= 0.6 is 0 Å². The van der Waals surface area contributed by atoms with E-state index < -0.39 is 0 Å². The smallest absolute Gasteiger partial charge is 0.272 e. The van der Waals surface area contributed by atoms with Crippen molar-refractivity contribution in [1.82, 2.24) is 9.88 Å². The number of carbonyl (C=O) groups is 2. The Morgan fingerprint density at radius 3 is 2.59 bits per heavy atom. The predicted octanol–water partition coefficient (Wildman–Crippen LogP) is 4.35. The van der Waals surface area contributed by atoms with Crippen molar-refractivity contribution in [2.24, 2.45) is 0 Å². The van der Waals surface area contributed by atoms with Crippen LogP contribution in [0, 0.1) is 6.92 Å². The van der Waals surface area contributed by atoms with Crippen LogP contribution in [0.4, 0.5) is 5.69 Å². The molecule has 0 spiro atoms. The first-order chi connectivity index (χ1) is 13.1. The zero-order valence-corrected chi connectivity index (χ0v) is 15.4. The molecule has 0 bridgehead atoms. The SMILES string of the molecule is Cc1ccc2cc(C(=O)Nc3ccccc3C(=O)N3CCCCC3)[nH]c2c1. The van der Waals surface area contributed by atoms with Crippen molar-refractivity contribution in [3.63, 3.8) is 0 Å². The van der Waals surface area contributed by atoms with Crippen molar-refractivity contribution in [3.8, 4) is 0 Å². The minimum atomic E-state index is -0.247. The molecule has 5 heteroatoms. The summed E-state index contributed by atoms with van der Waals surface area (Å²) in [5, 5.41) is 3.89. The van der Waals surface area contributed by atoms with Gasteiger partial charge in [0.1, 0.15) is 5.69 Å². The van der Waals surface area contributed by atoms with Gasteiger partial charge in [-0.2, -0.15) is 0 Å². The van der Waals surface area contributed by atoms with Crippen molar-refractivity contribution in [2.75, 3.05) is 18.4 Å². The highest BCUT2D eigenvalue weighted by Gasteiger charge is 2.21. The lowest BCUT2D eigenvalue weighted by molar-refractivity contribution is 0.0725. The third kappa shape index (κ3) is 3.58. The van der Waals surface area contributed by atoms with Crippen molar-refractivity contribution >= 4 is 28.4 Å². The van der Waals surface area contributed by atoms with E-state index in [-0.39, 0.29) is 11.8 Å². The third-order valence-corrected chi connectivity index (χ3v) is 5.07. The van der Waals surface area contributed by atoms with E-state index in [4.69, 9.17) is 0 Å². The van der Waals surface area contributed by atoms with Crippen LogP contribution in [0.5, 0.6) is 0 Å². The predicted molar refractivity (Wildman–Crippen MR) is 107 cm³/mol. The van der Waals surface area contributed by atoms with Crippen LogP contribution in [0.2, 0.25) is 0 Å². The molecular formula is C22H23N3O2. The summed E-state index contributed by atoms with van der Waals surface area (Å²) in [6, 6.07) is 15.1. The van der Waals surface area contributed by atoms with Gasteiger partial charge in [-0.3, -0.25) is 9.59 Å². The van der Waals surface area contributed by atoms with Gasteiger partial charge in [0.2, 0.25) is 0 Å². The summed E-state index contributed by atoms with van der Waals surface area (Å²) < 4.78 is 0. The number of fused-ring (bicyclic) bond motifs is 1. The van der Waals surface area contributed by atoms with E-state index in [1.807, 2.05) is 48.2 Å². The number of aryl methyl sites for hydroxylation is 1. The van der Waals surface area contributed by atoms with Gasteiger partial charge in [0.05, 0.1) is 11.3 Å². The first-order valence-corrected chi connectivity index (χ1v) is 9.41. The number of rotatable bonds is 3. The van der Waals surface area contributed by atoms with Crippen LogP contribution < -0.4 is 5.32 Å². The van der Waals surface area contributed by atoms with Gasteiger partial charge in [0.15, 0.2) is 0 Å². The summed E-state index contributed by atoms with van der Waals surface area (Å²) in [4.78, 5) is 30.7. The molecule has 0 unspecified atom stereocenters. The molecule has 0 saturated carbocycles. The van der Waals surface area contributed by atoms with Gasteiger partial charge >= 0.3 is 0 Å². The number of nitrogens with one attached hydrogen (secondary N) is 2. The maximum atomic E-state index is 12.9. The minimum absolute atomic E-state index is 0.0159. The molecule has 2 amide bonds. The molecule has 2 aromatic carbocycles. The van der Waals surface area contributed by atoms with E-state index in [1.165, 1.54) is 6.42 Å². The zero-order chi connectivity index (χ0) is 18.8. The first kappa shape index (κ1) is 17.3. The molecule has 27 heavy (non-hydrogen) atoms. The Morgan fingerprint density at radius 1 is 1.00 bits per heavy atom. The summed E-state index contributed by atoms with van der Waals surface area (Å²) >= 11 is 0. The van der Waals surface area contributed by atoms with Crippen LogP contribution in [0.25, 0.3) is 10.9 Å². The Hall–Kier alpha value is -3.08. The van der Waals surface area contributed by atoms with Crippen LogP contribution in [0.3, 0.4) is 0 Å². The highest BCUT2D eigenvalue weighted by molar-refractivity contribution is 6.09. The Balaban J connectivity index is 1.58. The summed E-state index contributed by atoms with van der Waals surface area (Å²) in [6.07, 6.45) is 3.24. The van der Waals surface area contributed by atoms with Gasteiger partial charge in [-0.15, -0.1) is 0 Å². The lowest BCUT2D eigenvalue weighted by atomic mass is 10.1. The molecule has 5 nitrogen and oxygen atoms in total. The lowest BCUT2D eigenvalue weighted by Crippen LogP contribution is -2.36. The van der Waals surface area contributed by atoms with E-state index in [2.05, 4.69) is 10.3 Å². The second-order valence-electron chi connectivity index (χ2n) is 7.13. The Bertz CT molecular complexity index is 1000. The molecule has 2 N–H and O–H groups in total. The number of piperidine rings is 1. The van der Waals surface area contributed by atoms with Gasteiger partial charge in [-0.25, -0.2) is 0 Å². The summed E-state index contributed by atoms with van der Waals surface area (Å²) in [5.41, 5.74) is 3.63. The van der Waals surface area contributed by atoms with E-state index in [0.717, 1.165) is 42.4 Å². The molecule has 1 aliphatic heterocycles. The molecule has 0 radical (unpaired) electrons. The van der Waals surface area contributed by atoms with Crippen molar-refractivity contribution in [1.29, 1.82) is 0 Å². The standard InChI is InChI=1S/C22H23N3O2/c1-15-9-10-16-14-20(23-19(16)13-15)21(26)24-18-8-4-3-7-17(18)22(27)25-11-5-2-6-12-25/h3-4,7-10,13-14,23H,2,5-6,11-12H2,1H3,(H,24,26). The van der Waals surface area contributed by atoms with Crippen LogP contribution in [0.1, 0.15) is 45.7 Å². The number of amides is 2. The highest BCUT2D eigenvalue weighted by atomic mass is 16.2. The van der Waals surface area contributed by atoms with Crippen molar-refractivity contribution < 1.29 is 9.59 Å². The Labute approximate surface area is 158 Å². The number of likely N-dealkylation sites (tertiary alicyclic amines) is 1. The van der Waals surface area contributed by atoms with Gasteiger partial charge < -0.3 is 15.2 Å². The fraction of sp³-hybridized carbons (Fsp3) is 0.273. The van der Waals surface area contributed by atoms with E-state index in [1.54, 1.807) is 12.1 Å². The molecule has 1 aliphatic rings. The molecule has 1 fully saturated rings. The topological polar surface area (TPSA) is 65.2 Å². The number of aromatic amines is 1. The van der Waals surface area contributed by atoms with Gasteiger partial charge in [0, 0.05) is 24.0 Å². The largest absolute Gasteiger partial charge is 0.351 e. The summed E-state index contributed by atoms with van der Waals surface area (Å²) in [6.45, 7) is 3.58. The fourth-order valence-corrected chi connectivity index (χ4v) is 3.60. The van der Waals surface area contributed by atoms with Gasteiger partial charge in [0.25, 0.3) is 11.8 Å². The molecular weight excluding hydrogens is 338 g/mol. The second kappa shape index (κ2) is 7.27.